The van der Waals surface area contributed by atoms with Crippen LogP contribution in [0.2, 0.25) is 18.1 Å². The summed E-state index contributed by atoms with van der Waals surface area (Å²) in [5, 5.41) is 3.19. The number of ether oxygens (including phenoxy) is 3. The maximum atomic E-state index is 6.47. The highest BCUT2D eigenvalue weighted by Crippen LogP contribution is 2.45. The number of terminal acetylenes is 1. The maximum absolute atomic E-state index is 6.47. The van der Waals surface area contributed by atoms with E-state index in [0.29, 0.717) is 30.1 Å². The van der Waals surface area contributed by atoms with Gasteiger partial charge in [0, 0.05) is 0 Å². The Kier molecular flexibility index (Phi) is 5.84. The number of hydrogen-bond donors (Lipinski definition) is 1. The zero-order valence-electron chi connectivity index (χ0n) is 19.9. The molecule has 2 aromatic rings. The van der Waals surface area contributed by atoms with Crippen molar-refractivity contribution >= 4 is 25.3 Å². The van der Waals surface area contributed by atoms with Crippen molar-refractivity contribution in [2.75, 3.05) is 18.5 Å². The van der Waals surface area contributed by atoms with E-state index in [9.17, 15) is 0 Å². The average Bonchev–Trinajstić information content (AvgIpc) is 3.35. The summed E-state index contributed by atoms with van der Waals surface area (Å²) in [5.41, 5.74) is 1.27. The summed E-state index contributed by atoms with van der Waals surface area (Å²) in [6.45, 7) is 15.8. The third kappa shape index (κ3) is 4.15. The second-order valence-electron chi connectivity index (χ2n) is 10.3. The number of aromatic nitrogens is 4. The van der Waals surface area contributed by atoms with Crippen molar-refractivity contribution in [1.82, 2.24) is 19.5 Å². The van der Waals surface area contributed by atoms with Crippen LogP contribution >= 0.6 is 0 Å². The van der Waals surface area contributed by atoms with Crippen LogP contribution in [0.25, 0.3) is 11.2 Å². The Bertz CT molecular complexity index is 1030. The fourth-order valence-electron chi connectivity index (χ4n) is 3.83. The number of nitrogens with zero attached hydrogens (tertiary/aromatic N) is 4. The molecule has 1 N–H and O–H groups in total. The van der Waals surface area contributed by atoms with Crippen LogP contribution in [0.3, 0.4) is 0 Å². The summed E-state index contributed by atoms with van der Waals surface area (Å²) in [5.74, 6) is 2.42. The Labute approximate surface area is 190 Å². The molecule has 0 saturated carbocycles. The molecule has 4 atom stereocenters. The summed E-state index contributed by atoms with van der Waals surface area (Å²) in [6.07, 6.45) is 7.28. The summed E-state index contributed by atoms with van der Waals surface area (Å²) in [4.78, 5) is 13.2. The number of rotatable bonds is 6. The molecule has 10 heteroatoms. The van der Waals surface area contributed by atoms with Gasteiger partial charge in [0.25, 0.3) is 0 Å². The van der Waals surface area contributed by atoms with Crippen LogP contribution in [0.4, 0.5) is 5.82 Å². The van der Waals surface area contributed by atoms with Gasteiger partial charge < -0.3 is 24.0 Å². The van der Waals surface area contributed by atoms with Crippen LogP contribution in [-0.4, -0.2) is 65.1 Å². The van der Waals surface area contributed by atoms with Gasteiger partial charge in [-0.2, -0.15) is 0 Å². The lowest BCUT2D eigenvalue weighted by molar-refractivity contribution is -0.199. The van der Waals surface area contributed by atoms with Gasteiger partial charge in [0.15, 0.2) is 37.3 Å². The van der Waals surface area contributed by atoms with Crippen molar-refractivity contribution < 1.29 is 18.6 Å². The van der Waals surface area contributed by atoms with E-state index in [2.05, 4.69) is 60.1 Å². The van der Waals surface area contributed by atoms with E-state index in [1.165, 1.54) is 6.33 Å². The molecule has 0 aliphatic carbocycles. The van der Waals surface area contributed by atoms with Crippen molar-refractivity contribution in [1.29, 1.82) is 0 Å². The van der Waals surface area contributed by atoms with E-state index < -0.39 is 20.3 Å². The fraction of sp³-hybridized carbons (Fsp3) is 0.682. The van der Waals surface area contributed by atoms with Crippen molar-refractivity contribution in [3.8, 4) is 12.3 Å². The van der Waals surface area contributed by atoms with Crippen LogP contribution in [0, 0.1) is 12.3 Å². The third-order valence-electron chi connectivity index (χ3n) is 6.53. The molecule has 4 rings (SSSR count). The molecule has 32 heavy (non-hydrogen) atoms. The van der Waals surface area contributed by atoms with Gasteiger partial charge in [-0.25, -0.2) is 15.0 Å². The van der Waals surface area contributed by atoms with Crippen molar-refractivity contribution in [3.05, 3.63) is 12.7 Å². The second kappa shape index (κ2) is 8.08. The van der Waals surface area contributed by atoms with Crippen LogP contribution in [0.15, 0.2) is 12.7 Å². The number of nitrogens with one attached hydrogen (secondary N) is 1. The minimum atomic E-state index is -1.94. The molecule has 2 fully saturated rings. The second-order valence-corrected chi connectivity index (χ2v) is 15.1. The molecule has 2 aromatic heterocycles. The smallest absolute Gasteiger partial charge is 0.192 e. The highest BCUT2D eigenvalue weighted by Gasteiger charge is 2.56. The molecule has 0 aromatic carbocycles. The summed E-state index contributed by atoms with van der Waals surface area (Å²) < 4.78 is 27.3. The molecule has 2 aliphatic heterocycles. The zero-order chi connectivity index (χ0) is 23.3. The number of imidazole rings is 1. The quantitative estimate of drug-likeness (QED) is 0.520. The van der Waals surface area contributed by atoms with E-state index in [4.69, 9.17) is 25.1 Å². The largest absolute Gasteiger partial charge is 0.414 e. The van der Waals surface area contributed by atoms with Gasteiger partial charge in [0.2, 0.25) is 0 Å². The first kappa shape index (κ1) is 23.1. The van der Waals surface area contributed by atoms with Gasteiger partial charge in [-0.1, -0.05) is 26.7 Å². The van der Waals surface area contributed by atoms with Crippen molar-refractivity contribution in [2.24, 2.45) is 0 Å². The van der Waals surface area contributed by atoms with Gasteiger partial charge in [-0.3, -0.25) is 4.57 Å². The van der Waals surface area contributed by atoms with E-state index in [-0.39, 0.29) is 23.4 Å². The highest BCUT2D eigenvalue weighted by atomic mass is 28.4. The van der Waals surface area contributed by atoms with Gasteiger partial charge >= 0.3 is 0 Å². The van der Waals surface area contributed by atoms with E-state index >= 15 is 0 Å². The van der Waals surface area contributed by atoms with Gasteiger partial charge in [-0.15, -0.1) is 6.42 Å². The lowest BCUT2D eigenvalue weighted by Gasteiger charge is -2.37. The Hall–Kier alpha value is -2.03. The minimum absolute atomic E-state index is 0.107. The Balaban J connectivity index is 1.62. The Morgan fingerprint density at radius 1 is 1.22 bits per heavy atom. The molecule has 2 aliphatic rings. The van der Waals surface area contributed by atoms with Gasteiger partial charge in [0.05, 0.1) is 19.5 Å². The lowest BCUT2D eigenvalue weighted by Crippen LogP contribution is -2.44. The maximum Gasteiger partial charge on any atom is 0.192 e. The lowest BCUT2D eigenvalue weighted by atomic mass is 10.1. The van der Waals surface area contributed by atoms with Crippen LogP contribution in [-0.2, 0) is 18.6 Å². The van der Waals surface area contributed by atoms with E-state index in [1.54, 1.807) is 6.33 Å². The van der Waals surface area contributed by atoms with E-state index in [1.807, 2.05) is 18.4 Å². The van der Waals surface area contributed by atoms with Crippen LogP contribution in [0.1, 0.15) is 40.8 Å². The molecule has 0 spiro atoms. The molecule has 0 bridgehead atoms. The summed E-state index contributed by atoms with van der Waals surface area (Å²) >= 11 is 0. The van der Waals surface area contributed by atoms with Gasteiger partial charge in [-0.05, 0) is 32.0 Å². The van der Waals surface area contributed by atoms with Crippen molar-refractivity contribution in [2.45, 2.75) is 83.1 Å². The summed E-state index contributed by atoms with van der Waals surface area (Å²) in [6, 6.07) is 0. The third-order valence-corrected chi connectivity index (χ3v) is 11.0. The fourth-order valence-corrected chi connectivity index (χ4v) is 4.84. The Morgan fingerprint density at radius 2 is 1.94 bits per heavy atom. The monoisotopic (exact) mass is 459 g/mol. The first-order chi connectivity index (χ1) is 14.9. The molecule has 0 radical (unpaired) electrons. The van der Waals surface area contributed by atoms with Crippen LogP contribution in [0.5, 0.6) is 0 Å². The SMILES string of the molecule is C#CCNc1ncnc2c1ncn2[C@@H]1O[C@H](CO[Si](C)(C)C(C)(C)C)[C@H]2OC(C)(C)O[C@H]21. The number of fused-ring (bicyclic) bond motifs is 2. The number of anilines is 1. The highest BCUT2D eigenvalue weighted by molar-refractivity contribution is 6.74. The predicted octanol–water partition coefficient (Wildman–Crippen LogP) is 3.31. The zero-order valence-corrected chi connectivity index (χ0v) is 20.9. The first-order valence-electron chi connectivity index (χ1n) is 10.9. The molecule has 0 unspecified atom stereocenters. The normalized spacial score (nSPS) is 27.4. The average molecular weight is 460 g/mol. The molecular weight excluding hydrogens is 426 g/mol. The van der Waals surface area contributed by atoms with Gasteiger partial charge in [0.1, 0.15) is 24.6 Å². The predicted molar refractivity (Wildman–Crippen MR) is 124 cm³/mol. The molecule has 2 saturated heterocycles. The van der Waals surface area contributed by atoms with E-state index in [0.717, 1.165) is 0 Å². The molecule has 0 amide bonds. The topological polar surface area (TPSA) is 92.6 Å². The standard InChI is InChI=1S/C22H33N5O4Si/c1-9-10-23-18-15-19(25-12-24-18)27(13-26-15)20-17-16(30-22(5,6)31-17)14(29-20)11-28-32(7,8)21(2,3)4/h1,12-14,16-17,20H,10-11H2,2-8H3,(H,23,24,25)/t14-,16-,17-,20-/m1/s1. The molecule has 174 valence electrons. The number of hydrogen-bond acceptors (Lipinski definition) is 8. The molecular formula is C22H33N5O4Si. The molecule has 4 heterocycles. The summed E-state index contributed by atoms with van der Waals surface area (Å²) in [7, 11) is -1.94. The minimum Gasteiger partial charge on any atom is -0.414 e. The first-order valence-corrected chi connectivity index (χ1v) is 13.8. The van der Waals surface area contributed by atoms with Crippen molar-refractivity contribution in [3.63, 3.8) is 0 Å². The van der Waals surface area contributed by atoms with Crippen LogP contribution < -0.4 is 5.32 Å². The molecule has 9 nitrogen and oxygen atoms in total. The Morgan fingerprint density at radius 3 is 2.62 bits per heavy atom.